The smallest absolute Gasteiger partial charge is 0.312 e. The Morgan fingerprint density at radius 2 is 2.27 bits per heavy atom. The molecule has 0 amide bonds. The molecule has 0 aromatic rings. The van der Waals surface area contributed by atoms with Crippen molar-refractivity contribution in [2.24, 2.45) is 17.3 Å². The normalized spacial score (nSPS) is 49.1. The quantitative estimate of drug-likeness (QED) is 0.495. The summed E-state index contributed by atoms with van der Waals surface area (Å²) in [7, 11) is 0. The lowest BCUT2D eigenvalue weighted by Gasteiger charge is -2.47. The van der Waals surface area contributed by atoms with Crippen molar-refractivity contribution in [1.82, 2.24) is 0 Å². The van der Waals surface area contributed by atoms with E-state index in [1.54, 1.807) is 0 Å². The fraction of sp³-hybridized carbons (Fsp3) is 0.889. The fourth-order valence-electron chi connectivity index (χ4n) is 2.49. The molecule has 3 unspecified atom stereocenters. The first-order valence-electron chi connectivity index (χ1n) is 4.34. The van der Waals surface area contributed by atoms with E-state index in [0.29, 0.717) is 18.4 Å². The van der Waals surface area contributed by atoms with Crippen LogP contribution in [0.4, 0.5) is 0 Å². The zero-order valence-electron chi connectivity index (χ0n) is 7.09. The van der Waals surface area contributed by atoms with Crippen LogP contribution in [-0.4, -0.2) is 12.6 Å². The topological polar surface area (TPSA) is 26.3 Å². The van der Waals surface area contributed by atoms with Gasteiger partial charge in [0.1, 0.15) is 0 Å². The molecule has 0 bridgehead atoms. The molecule has 1 saturated heterocycles. The zero-order chi connectivity index (χ0) is 8.06. The standard InChI is InChI=1S/C9H14O2/c1-6-5-9(7(6)2)3-4-11-8(9)10/h6-7H,3-5H2,1-2H3. The van der Waals surface area contributed by atoms with E-state index < -0.39 is 0 Å². The second-order valence-electron chi connectivity index (χ2n) is 4.01. The van der Waals surface area contributed by atoms with Gasteiger partial charge in [0, 0.05) is 0 Å². The minimum atomic E-state index is -0.0561. The maximum Gasteiger partial charge on any atom is 0.312 e. The van der Waals surface area contributed by atoms with Gasteiger partial charge in [0.25, 0.3) is 0 Å². The first-order valence-corrected chi connectivity index (χ1v) is 4.34. The number of esters is 1. The average Bonchev–Trinajstić information content (AvgIpc) is 2.35. The van der Waals surface area contributed by atoms with Crippen LogP contribution < -0.4 is 0 Å². The molecule has 1 heterocycles. The van der Waals surface area contributed by atoms with Gasteiger partial charge in [0.2, 0.25) is 0 Å². The van der Waals surface area contributed by atoms with Crippen molar-refractivity contribution < 1.29 is 9.53 Å². The van der Waals surface area contributed by atoms with E-state index in [2.05, 4.69) is 13.8 Å². The molecule has 2 rings (SSSR count). The van der Waals surface area contributed by atoms with Crippen LogP contribution in [0.5, 0.6) is 0 Å². The molecule has 1 aliphatic heterocycles. The van der Waals surface area contributed by atoms with Crippen molar-refractivity contribution in [1.29, 1.82) is 0 Å². The number of rotatable bonds is 0. The predicted molar refractivity (Wildman–Crippen MR) is 41.0 cm³/mol. The summed E-state index contributed by atoms with van der Waals surface area (Å²) < 4.78 is 4.99. The molecule has 1 saturated carbocycles. The number of carbonyl (C=O) groups is 1. The lowest BCUT2D eigenvalue weighted by Crippen LogP contribution is -2.48. The number of hydrogen-bond donors (Lipinski definition) is 0. The maximum atomic E-state index is 11.3. The van der Waals surface area contributed by atoms with Gasteiger partial charge in [-0.15, -0.1) is 0 Å². The van der Waals surface area contributed by atoms with E-state index in [4.69, 9.17) is 4.74 Å². The van der Waals surface area contributed by atoms with Crippen LogP contribution in [0.1, 0.15) is 26.7 Å². The van der Waals surface area contributed by atoms with Crippen LogP contribution in [0.25, 0.3) is 0 Å². The van der Waals surface area contributed by atoms with Gasteiger partial charge in [-0.05, 0) is 24.7 Å². The van der Waals surface area contributed by atoms with E-state index in [0.717, 1.165) is 12.8 Å². The molecule has 11 heavy (non-hydrogen) atoms. The third kappa shape index (κ3) is 0.700. The third-order valence-electron chi connectivity index (χ3n) is 3.60. The lowest BCUT2D eigenvalue weighted by atomic mass is 9.54. The number of carbonyl (C=O) groups excluding carboxylic acids is 1. The van der Waals surface area contributed by atoms with E-state index in [9.17, 15) is 4.79 Å². The van der Waals surface area contributed by atoms with E-state index in [1.807, 2.05) is 0 Å². The van der Waals surface area contributed by atoms with Crippen LogP contribution in [0.2, 0.25) is 0 Å². The van der Waals surface area contributed by atoms with E-state index in [-0.39, 0.29) is 11.4 Å². The van der Waals surface area contributed by atoms with Crippen molar-refractivity contribution in [3.8, 4) is 0 Å². The molecular weight excluding hydrogens is 140 g/mol. The monoisotopic (exact) mass is 154 g/mol. The first-order chi connectivity index (χ1) is 5.17. The summed E-state index contributed by atoms with van der Waals surface area (Å²) in [5.74, 6) is 1.31. The van der Waals surface area contributed by atoms with Crippen LogP contribution in [0.15, 0.2) is 0 Å². The van der Waals surface area contributed by atoms with E-state index >= 15 is 0 Å². The molecule has 0 aromatic carbocycles. The Hall–Kier alpha value is -0.530. The highest BCUT2D eigenvalue weighted by Crippen LogP contribution is 2.55. The Balaban J connectivity index is 2.18. The Morgan fingerprint density at radius 3 is 2.64 bits per heavy atom. The van der Waals surface area contributed by atoms with Gasteiger partial charge < -0.3 is 4.74 Å². The summed E-state index contributed by atoms with van der Waals surface area (Å²) in [6, 6.07) is 0. The fourth-order valence-corrected chi connectivity index (χ4v) is 2.49. The Morgan fingerprint density at radius 1 is 1.55 bits per heavy atom. The van der Waals surface area contributed by atoms with Gasteiger partial charge in [-0.1, -0.05) is 13.8 Å². The molecule has 1 spiro atoms. The summed E-state index contributed by atoms with van der Waals surface area (Å²) >= 11 is 0. The lowest BCUT2D eigenvalue weighted by molar-refractivity contribution is -0.158. The molecule has 3 atom stereocenters. The van der Waals surface area contributed by atoms with Crippen molar-refractivity contribution >= 4 is 5.97 Å². The van der Waals surface area contributed by atoms with Gasteiger partial charge >= 0.3 is 5.97 Å². The number of ether oxygens (including phenoxy) is 1. The largest absolute Gasteiger partial charge is 0.465 e. The summed E-state index contributed by atoms with van der Waals surface area (Å²) in [5, 5.41) is 0. The molecule has 2 heteroatoms. The Labute approximate surface area is 66.9 Å². The second kappa shape index (κ2) is 1.99. The highest BCUT2D eigenvalue weighted by Gasteiger charge is 2.57. The minimum absolute atomic E-state index is 0.0561. The van der Waals surface area contributed by atoms with Gasteiger partial charge in [0.15, 0.2) is 0 Å². The molecule has 0 N–H and O–H groups in total. The second-order valence-corrected chi connectivity index (χ2v) is 4.01. The van der Waals surface area contributed by atoms with Gasteiger partial charge in [-0.3, -0.25) is 4.79 Å². The highest BCUT2D eigenvalue weighted by molar-refractivity contribution is 5.80. The number of cyclic esters (lactones) is 1. The third-order valence-corrected chi connectivity index (χ3v) is 3.60. The van der Waals surface area contributed by atoms with Gasteiger partial charge in [0.05, 0.1) is 12.0 Å². The molecular formula is C9H14O2. The summed E-state index contributed by atoms with van der Waals surface area (Å²) in [4.78, 5) is 11.3. The van der Waals surface area contributed by atoms with Gasteiger partial charge in [-0.25, -0.2) is 0 Å². The average molecular weight is 154 g/mol. The van der Waals surface area contributed by atoms with Crippen molar-refractivity contribution in [2.45, 2.75) is 26.7 Å². The maximum absolute atomic E-state index is 11.3. The number of hydrogen-bond acceptors (Lipinski definition) is 2. The Bertz CT molecular complexity index is 200. The minimum Gasteiger partial charge on any atom is -0.465 e. The predicted octanol–water partition coefficient (Wildman–Crippen LogP) is 1.60. The van der Waals surface area contributed by atoms with Crippen LogP contribution in [-0.2, 0) is 9.53 Å². The molecule has 0 aromatic heterocycles. The van der Waals surface area contributed by atoms with Crippen LogP contribution in [0.3, 0.4) is 0 Å². The first kappa shape index (κ1) is 7.14. The SMILES string of the molecule is CC1CC2(CCOC2=O)C1C. The van der Waals surface area contributed by atoms with Crippen LogP contribution in [0, 0.1) is 17.3 Å². The summed E-state index contributed by atoms with van der Waals surface area (Å²) in [6.45, 7) is 5.03. The molecule has 2 nitrogen and oxygen atoms in total. The van der Waals surface area contributed by atoms with Crippen molar-refractivity contribution in [2.75, 3.05) is 6.61 Å². The summed E-state index contributed by atoms with van der Waals surface area (Å²) in [5.41, 5.74) is -0.0561. The van der Waals surface area contributed by atoms with E-state index in [1.165, 1.54) is 0 Å². The van der Waals surface area contributed by atoms with Crippen LogP contribution >= 0.6 is 0 Å². The molecule has 0 radical (unpaired) electrons. The molecule has 2 fully saturated rings. The molecule has 2 aliphatic rings. The molecule has 62 valence electrons. The summed E-state index contributed by atoms with van der Waals surface area (Å²) in [6.07, 6.45) is 2.00. The zero-order valence-corrected chi connectivity index (χ0v) is 7.09. The van der Waals surface area contributed by atoms with Crippen molar-refractivity contribution in [3.63, 3.8) is 0 Å². The molecule has 1 aliphatic carbocycles. The van der Waals surface area contributed by atoms with Crippen molar-refractivity contribution in [3.05, 3.63) is 0 Å². The van der Waals surface area contributed by atoms with Gasteiger partial charge in [-0.2, -0.15) is 0 Å². The highest BCUT2D eigenvalue weighted by atomic mass is 16.5. The Kier molecular flexibility index (Phi) is 1.29.